The lowest BCUT2D eigenvalue weighted by atomic mass is 10.3. The molecule has 2 N–H and O–H groups in total. The summed E-state index contributed by atoms with van der Waals surface area (Å²) in [6.07, 6.45) is 4.07. The van der Waals surface area contributed by atoms with Crippen LogP contribution in [0.1, 0.15) is 12.8 Å². The van der Waals surface area contributed by atoms with Crippen LogP contribution in [0.2, 0.25) is 0 Å². The number of nitrogens with two attached hydrogens (primary N) is 1. The first kappa shape index (κ1) is 11.3. The van der Waals surface area contributed by atoms with Crippen LogP contribution in [0.15, 0.2) is 34.9 Å². The highest BCUT2D eigenvalue weighted by atomic mass is 16.3. The molecule has 0 radical (unpaired) electrons. The highest BCUT2D eigenvalue weighted by molar-refractivity contribution is 5.65. The maximum atomic E-state index is 6.09. The van der Waals surface area contributed by atoms with Crippen molar-refractivity contribution in [3.05, 3.63) is 30.5 Å². The van der Waals surface area contributed by atoms with E-state index in [0.717, 1.165) is 24.4 Å². The topological polar surface area (TPSA) is 72.6 Å². The van der Waals surface area contributed by atoms with E-state index in [-0.39, 0.29) is 0 Å². The van der Waals surface area contributed by atoms with E-state index in [9.17, 15) is 0 Å². The summed E-state index contributed by atoms with van der Waals surface area (Å²) in [5.74, 6) is 1.80. The molecule has 6 nitrogen and oxygen atoms in total. The summed E-state index contributed by atoms with van der Waals surface area (Å²) in [7, 11) is 0. The Morgan fingerprint density at radius 2 is 2.05 bits per heavy atom. The third-order valence-electron chi connectivity index (χ3n) is 3.66. The highest BCUT2D eigenvalue weighted by Gasteiger charge is 2.16. The molecule has 0 atom stereocenters. The van der Waals surface area contributed by atoms with E-state index < -0.39 is 0 Å². The quantitative estimate of drug-likeness (QED) is 0.772. The molecular weight excluding hydrogens is 254 g/mol. The molecule has 0 unspecified atom stereocenters. The second-order valence-corrected chi connectivity index (χ2v) is 5.02. The maximum Gasteiger partial charge on any atom is 0.217 e. The molecule has 0 saturated carbocycles. The number of hydrogen-bond acceptors (Lipinski definition) is 5. The van der Waals surface area contributed by atoms with Crippen LogP contribution in [0.25, 0.3) is 17.2 Å². The molecule has 0 aliphatic carbocycles. The Morgan fingerprint density at radius 3 is 2.80 bits per heavy atom. The van der Waals surface area contributed by atoms with Gasteiger partial charge in [-0.2, -0.15) is 4.52 Å². The van der Waals surface area contributed by atoms with E-state index in [1.165, 1.54) is 12.8 Å². The average Bonchev–Trinajstić information content (AvgIpc) is 3.19. The van der Waals surface area contributed by atoms with Crippen molar-refractivity contribution in [3.8, 4) is 11.6 Å². The number of hydrogen-bond donors (Lipinski definition) is 1. The first-order chi connectivity index (χ1) is 9.81. The predicted octanol–water partition coefficient (Wildman–Crippen LogP) is 2.17. The minimum atomic E-state index is 0.556. The summed E-state index contributed by atoms with van der Waals surface area (Å²) >= 11 is 0. The van der Waals surface area contributed by atoms with Crippen LogP contribution in [0.3, 0.4) is 0 Å². The fourth-order valence-corrected chi connectivity index (χ4v) is 2.66. The number of nitrogens with zero attached hydrogens (tertiary/aromatic N) is 4. The van der Waals surface area contributed by atoms with Crippen molar-refractivity contribution in [2.75, 3.05) is 23.7 Å². The monoisotopic (exact) mass is 269 g/mol. The van der Waals surface area contributed by atoms with Crippen molar-refractivity contribution in [3.63, 3.8) is 0 Å². The van der Waals surface area contributed by atoms with E-state index in [1.807, 2.05) is 24.3 Å². The van der Waals surface area contributed by atoms with Gasteiger partial charge in [-0.15, -0.1) is 5.10 Å². The molecule has 20 heavy (non-hydrogen) atoms. The van der Waals surface area contributed by atoms with Crippen LogP contribution in [0.5, 0.6) is 0 Å². The number of rotatable bonds is 2. The standard InChI is InChI=1S/C14H15N5O/c15-12-8-10(18-5-1-2-6-18)9-13-16-14(17-19(12)13)11-4-3-7-20-11/h3-4,7-9H,1-2,5-6,15H2. The van der Waals surface area contributed by atoms with Gasteiger partial charge in [0.1, 0.15) is 5.82 Å². The van der Waals surface area contributed by atoms with Gasteiger partial charge >= 0.3 is 0 Å². The fraction of sp³-hybridized carbons (Fsp3) is 0.286. The molecule has 4 rings (SSSR count). The normalized spacial score (nSPS) is 15.3. The van der Waals surface area contributed by atoms with Gasteiger partial charge < -0.3 is 15.1 Å². The second kappa shape index (κ2) is 4.26. The second-order valence-electron chi connectivity index (χ2n) is 5.02. The van der Waals surface area contributed by atoms with E-state index in [1.54, 1.807) is 10.8 Å². The van der Waals surface area contributed by atoms with Gasteiger partial charge in [0.05, 0.1) is 6.26 Å². The SMILES string of the molecule is Nc1cc(N2CCCC2)cc2nc(-c3ccco3)nn12. The van der Waals surface area contributed by atoms with E-state index in [0.29, 0.717) is 17.4 Å². The summed E-state index contributed by atoms with van der Waals surface area (Å²) in [5, 5.41) is 4.39. The van der Waals surface area contributed by atoms with Gasteiger partial charge in [-0.3, -0.25) is 0 Å². The Bertz CT molecular complexity index is 740. The molecule has 3 aromatic heterocycles. The molecule has 0 bridgehead atoms. The molecule has 1 aliphatic heterocycles. The number of nitrogen functional groups attached to an aromatic ring is 1. The zero-order valence-corrected chi connectivity index (χ0v) is 11.0. The lowest BCUT2D eigenvalue weighted by molar-refractivity contribution is 0.577. The lowest BCUT2D eigenvalue weighted by Crippen LogP contribution is -2.18. The van der Waals surface area contributed by atoms with Crippen molar-refractivity contribution >= 4 is 17.2 Å². The van der Waals surface area contributed by atoms with E-state index >= 15 is 0 Å². The molecule has 1 fully saturated rings. The van der Waals surface area contributed by atoms with Crippen LogP contribution < -0.4 is 10.6 Å². The molecule has 102 valence electrons. The van der Waals surface area contributed by atoms with Crippen molar-refractivity contribution in [2.45, 2.75) is 12.8 Å². The van der Waals surface area contributed by atoms with Gasteiger partial charge in [0.25, 0.3) is 0 Å². The van der Waals surface area contributed by atoms with E-state index in [2.05, 4.69) is 15.0 Å². The fourth-order valence-electron chi connectivity index (χ4n) is 2.66. The smallest absolute Gasteiger partial charge is 0.217 e. The van der Waals surface area contributed by atoms with Gasteiger partial charge in [0, 0.05) is 30.9 Å². The van der Waals surface area contributed by atoms with Gasteiger partial charge in [-0.1, -0.05) is 0 Å². The zero-order chi connectivity index (χ0) is 13.5. The zero-order valence-electron chi connectivity index (χ0n) is 11.0. The Labute approximate surface area is 115 Å². The first-order valence-corrected chi connectivity index (χ1v) is 6.76. The minimum Gasteiger partial charge on any atom is -0.461 e. The van der Waals surface area contributed by atoms with Crippen LogP contribution in [0, 0.1) is 0 Å². The van der Waals surface area contributed by atoms with Crippen molar-refractivity contribution in [2.24, 2.45) is 0 Å². The Hall–Kier alpha value is -2.50. The molecule has 1 aliphatic rings. The number of furan rings is 1. The van der Waals surface area contributed by atoms with Gasteiger partial charge in [0.15, 0.2) is 11.4 Å². The largest absolute Gasteiger partial charge is 0.461 e. The molecule has 3 aromatic rings. The molecular formula is C14H15N5O. The number of aromatic nitrogens is 3. The molecule has 0 aromatic carbocycles. The molecule has 1 saturated heterocycles. The Balaban J connectivity index is 1.83. The molecule has 0 amide bonds. The van der Waals surface area contributed by atoms with E-state index in [4.69, 9.17) is 10.2 Å². The summed E-state index contributed by atoms with van der Waals surface area (Å²) in [4.78, 5) is 6.83. The maximum absolute atomic E-state index is 6.09. The van der Waals surface area contributed by atoms with Crippen molar-refractivity contribution in [1.29, 1.82) is 0 Å². The summed E-state index contributed by atoms with van der Waals surface area (Å²) in [6, 6.07) is 7.65. The van der Waals surface area contributed by atoms with Crippen molar-refractivity contribution < 1.29 is 4.42 Å². The van der Waals surface area contributed by atoms with Crippen LogP contribution in [-0.4, -0.2) is 27.7 Å². The average molecular weight is 269 g/mol. The van der Waals surface area contributed by atoms with Gasteiger partial charge in [0.2, 0.25) is 5.82 Å². The summed E-state index contributed by atoms with van der Waals surface area (Å²) < 4.78 is 6.98. The van der Waals surface area contributed by atoms with Crippen molar-refractivity contribution in [1.82, 2.24) is 14.6 Å². The Morgan fingerprint density at radius 1 is 1.20 bits per heavy atom. The number of anilines is 2. The first-order valence-electron chi connectivity index (χ1n) is 6.76. The number of fused-ring (bicyclic) bond motifs is 1. The van der Waals surface area contributed by atoms with Crippen LogP contribution in [0.4, 0.5) is 11.5 Å². The third-order valence-corrected chi connectivity index (χ3v) is 3.66. The molecule has 4 heterocycles. The van der Waals surface area contributed by atoms with Gasteiger partial charge in [-0.25, -0.2) is 4.98 Å². The summed E-state index contributed by atoms with van der Waals surface area (Å²) in [6.45, 7) is 2.16. The summed E-state index contributed by atoms with van der Waals surface area (Å²) in [5.41, 5.74) is 7.96. The lowest BCUT2D eigenvalue weighted by Gasteiger charge is -2.17. The predicted molar refractivity (Wildman–Crippen MR) is 76.5 cm³/mol. The van der Waals surface area contributed by atoms with Crippen LogP contribution >= 0.6 is 0 Å². The van der Waals surface area contributed by atoms with Crippen LogP contribution in [-0.2, 0) is 0 Å². The Kier molecular flexibility index (Phi) is 2.42. The highest BCUT2D eigenvalue weighted by Crippen LogP contribution is 2.25. The van der Waals surface area contributed by atoms with Gasteiger partial charge in [-0.05, 0) is 25.0 Å². The third kappa shape index (κ3) is 1.72. The number of pyridine rings is 1. The molecule has 6 heteroatoms. The minimum absolute atomic E-state index is 0.556. The molecule has 0 spiro atoms.